The third kappa shape index (κ3) is 1.10. The third-order valence-corrected chi connectivity index (χ3v) is 2.04. The van der Waals surface area contributed by atoms with Gasteiger partial charge in [-0.2, -0.15) is 0 Å². The van der Waals surface area contributed by atoms with Gasteiger partial charge in [-0.25, -0.2) is 0 Å². The lowest BCUT2D eigenvalue weighted by Crippen LogP contribution is -2.24. The number of rotatable bonds is 3. The summed E-state index contributed by atoms with van der Waals surface area (Å²) in [6, 6.07) is 0. The first-order valence-electron chi connectivity index (χ1n) is 3.03. The van der Waals surface area contributed by atoms with Crippen LogP contribution in [0.3, 0.4) is 0 Å². The molecular weight excluding hydrogens is 138 g/mol. The summed E-state index contributed by atoms with van der Waals surface area (Å²) in [6.45, 7) is 2.58. The molecule has 3 heteroatoms. The third-order valence-electron chi connectivity index (χ3n) is 1.61. The van der Waals surface area contributed by atoms with Crippen molar-refractivity contribution in [2.75, 3.05) is 12.5 Å². The molecule has 0 saturated carbocycles. The number of halogens is 1. The molecular formula is C6H10ClNO. The van der Waals surface area contributed by atoms with Crippen LogP contribution in [0.1, 0.15) is 13.3 Å². The molecule has 0 aliphatic carbocycles. The number of epoxide rings is 1. The van der Waals surface area contributed by atoms with Crippen LogP contribution in [0.15, 0.2) is 0 Å². The minimum Gasteiger partial charge on any atom is -0.362 e. The Morgan fingerprint density at radius 2 is 2.44 bits per heavy atom. The van der Waals surface area contributed by atoms with Crippen LogP contribution in [0.4, 0.5) is 0 Å². The van der Waals surface area contributed by atoms with Crippen LogP contribution in [-0.4, -0.2) is 23.8 Å². The molecule has 0 aromatic heterocycles. The second-order valence-electron chi connectivity index (χ2n) is 2.25. The lowest BCUT2D eigenvalue weighted by atomic mass is 10.1. The molecule has 1 unspecified atom stereocenters. The Kier molecular flexibility index (Phi) is 1.78. The van der Waals surface area contributed by atoms with E-state index in [9.17, 15) is 0 Å². The smallest absolute Gasteiger partial charge is 0.142 e. The number of hydrogen-bond acceptors (Lipinski definition) is 2. The molecule has 1 fully saturated rings. The molecule has 0 aromatic rings. The van der Waals surface area contributed by atoms with E-state index in [1.54, 1.807) is 0 Å². The lowest BCUT2D eigenvalue weighted by Gasteiger charge is -2.05. The van der Waals surface area contributed by atoms with Gasteiger partial charge in [0.15, 0.2) is 0 Å². The number of alkyl halides is 1. The Morgan fingerprint density at radius 3 is 2.56 bits per heavy atom. The van der Waals surface area contributed by atoms with Gasteiger partial charge in [0.1, 0.15) is 5.60 Å². The molecule has 1 rings (SSSR count). The van der Waals surface area contributed by atoms with Gasteiger partial charge in [-0.15, -0.1) is 11.6 Å². The van der Waals surface area contributed by atoms with Gasteiger partial charge >= 0.3 is 0 Å². The zero-order chi connectivity index (χ0) is 6.91. The monoisotopic (exact) mass is 147 g/mol. The first-order valence-corrected chi connectivity index (χ1v) is 3.56. The van der Waals surface area contributed by atoms with Crippen LogP contribution in [0.2, 0.25) is 0 Å². The average Bonchev–Trinajstić information content (AvgIpc) is 2.66. The first-order chi connectivity index (χ1) is 4.25. The van der Waals surface area contributed by atoms with Gasteiger partial charge in [0.25, 0.3) is 0 Å². The summed E-state index contributed by atoms with van der Waals surface area (Å²) in [5.74, 6) is 0.430. The number of hydrogen-bond donors (Lipinski definition) is 1. The fraction of sp³-hybridized carbons (Fsp3) is 0.833. The highest BCUT2D eigenvalue weighted by Crippen LogP contribution is 2.30. The largest absolute Gasteiger partial charge is 0.362 e. The summed E-state index contributed by atoms with van der Waals surface area (Å²) < 4.78 is 5.04. The second kappa shape index (κ2) is 2.27. The van der Waals surface area contributed by atoms with Crippen LogP contribution in [-0.2, 0) is 4.74 Å². The maximum atomic E-state index is 7.39. The Bertz CT molecular complexity index is 131. The van der Waals surface area contributed by atoms with Gasteiger partial charge in [-0.1, -0.05) is 6.92 Å². The van der Waals surface area contributed by atoms with Crippen LogP contribution >= 0.6 is 11.6 Å². The van der Waals surface area contributed by atoms with Gasteiger partial charge in [-0.3, -0.25) is 0 Å². The Morgan fingerprint density at radius 1 is 1.89 bits per heavy atom. The molecule has 0 aromatic carbocycles. The summed E-state index contributed by atoms with van der Waals surface area (Å²) in [7, 11) is 0. The molecule has 1 heterocycles. The van der Waals surface area contributed by atoms with Crippen LogP contribution < -0.4 is 0 Å². The van der Waals surface area contributed by atoms with Crippen molar-refractivity contribution >= 4 is 17.3 Å². The molecule has 1 aliphatic rings. The normalized spacial score (nSPS) is 32.2. The van der Waals surface area contributed by atoms with Crippen molar-refractivity contribution in [2.45, 2.75) is 18.9 Å². The van der Waals surface area contributed by atoms with E-state index in [0.29, 0.717) is 18.2 Å². The van der Waals surface area contributed by atoms with Gasteiger partial charge < -0.3 is 10.1 Å². The van der Waals surface area contributed by atoms with E-state index in [1.807, 2.05) is 6.92 Å². The standard InChI is InChI=1S/C6H10ClNO/c1-2-5(8)6(3-7)4-9-6/h8H,2-4H2,1H3. The highest BCUT2D eigenvalue weighted by Gasteiger charge is 2.47. The van der Waals surface area contributed by atoms with Crippen molar-refractivity contribution in [1.82, 2.24) is 0 Å². The summed E-state index contributed by atoms with van der Waals surface area (Å²) in [5, 5.41) is 7.39. The molecule has 52 valence electrons. The Hall–Kier alpha value is -0.0800. The van der Waals surface area contributed by atoms with Crippen molar-refractivity contribution in [3.63, 3.8) is 0 Å². The molecule has 9 heavy (non-hydrogen) atoms. The van der Waals surface area contributed by atoms with E-state index in [2.05, 4.69) is 0 Å². The molecule has 0 radical (unpaired) electrons. The summed E-state index contributed by atoms with van der Waals surface area (Å²) in [5.41, 5.74) is 0.272. The zero-order valence-corrected chi connectivity index (χ0v) is 6.16. The van der Waals surface area contributed by atoms with Crippen LogP contribution in [0.5, 0.6) is 0 Å². The number of nitrogens with one attached hydrogen (secondary N) is 1. The summed E-state index contributed by atoms with van der Waals surface area (Å²) in [6.07, 6.45) is 0.743. The quantitative estimate of drug-likeness (QED) is 0.366. The molecule has 0 bridgehead atoms. The maximum absolute atomic E-state index is 7.39. The zero-order valence-electron chi connectivity index (χ0n) is 5.41. The minimum absolute atomic E-state index is 0.351. The van der Waals surface area contributed by atoms with Gasteiger partial charge in [0.05, 0.1) is 12.5 Å². The fourth-order valence-electron chi connectivity index (χ4n) is 0.741. The predicted molar refractivity (Wildman–Crippen MR) is 37.4 cm³/mol. The van der Waals surface area contributed by atoms with E-state index < -0.39 is 0 Å². The molecule has 1 N–H and O–H groups in total. The Balaban J connectivity index is 2.49. The van der Waals surface area contributed by atoms with Crippen LogP contribution in [0, 0.1) is 5.41 Å². The SMILES string of the molecule is CCC(=N)C1(CCl)CO1. The summed E-state index contributed by atoms with van der Waals surface area (Å²) >= 11 is 5.56. The van der Waals surface area contributed by atoms with Gasteiger partial charge in [0.2, 0.25) is 0 Å². The van der Waals surface area contributed by atoms with Crippen molar-refractivity contribution in [1.29, 1.82) is 5.41 Å². The predicted octanol–water partition coefficient (Wildman–Crippen LogP) is 1.42. The van der Waals surface area contributed by atoms with E-state index >= 15 is 0 Å². The maximum Gasteiger partial charge on any atom is 0.142 e. The molecule has 0 spiro atoms. The molecule has 0 amide bonds. The minimum atomic E-state index is -0.351. The number of ether oxygens (including phenoxy) is 1. The van der Waals surface area contributed by atoms with E-state index in [4.69, 9.17) is 21.7 Å². The molecule has 1 saturated heterocycles. The molecule has 2 nitrogen and oxygen atoms in total. The summed E-state index contributed by atoms with van der Waals surface area (Å²) in [4.78, 5) is 0. The Labute approximate surface area is 59.7 Å². The molecule has 1 atom stereocenters. The van der Waals surface area contributed by atoms with Crippen molar-refractivity contribution in [2.24, 2.45) is 0 Å². The van der Waals surface area contributed by atoms with Gasteiger partial charge in [0, 0.05) is 5.71 Å². The molecule has 1 aliphatic heterocycles. The van der Waals surface area contributed by atoms with Gasteiger partial charge in [-0.05, 0) is 6.42 Å². The highest BCUT2D eigenvalue weighted by molar-refractivity contribution is 6.21. The van der Waals surface area contributed by atoms with E-state index in [-0.39, 0.29) is 5.60 Å². The second-order valence-corrected chi connectivity index (χ2v) is 2.52. The van der Waals surface area contributed by atoms with Crippen molar-refractivity contribution in [3.8, 4) is 0 Å². The first kappa shape index (κ1) is 7.03. The average molecular weight is 148 g/mol. The van der Waals surface area contributed by atoms with Crippen molar-refractivity contribution < 1.29 is 4.74 Å². The topological polar surface area (TPSA) is 36.4 Å². The highest BCUT2D eigenvalue weighted by atomic mass is 35.5. The van der Waals surface area contributed by atoms with Crippen LogP contribution in [0.25, 0.3) is 0 Å². The lowest BCUT2D eigenvalue weighted by molar-refractivity contribution is 0.384. The van der Waals surface area contributed by atoms with E-state index in [1.165, 1.54) is 0 Å². The van der Waals surface area contributed by atoms with Crippen molar-refractivity contribution in [3.05, 3.63) is 0 Å². The van der Waals surface area contributed by atoms with E-state index in [0.717, 1.165) is 6.42 Å². The fourth-order valence-corrected chi connectivity index (χ4v) is 1.06.